The fourth-order valence-corrected chi connectivity index (χ4v) is 1.34. The normalized spacial score (nSPS) is 10.1. The van der Waals surface area contributed by atoms with E-state index in [2.05, 4.69) is 0 Å². The minimum Gasteiger partial charge on any atom is -0.504 e. The Hall–Kier alpha value is -1.71. The zero-order chi connectivity index (χ0) is 12.1. The van der Waals surface area contributed by atoms with Crippen LogP contribution in [0.4, 0.5) is 0 Å². The highest BCUT2D eigenvalue weighted by Crippen LogP contribution is 2.38. The van der Waals surface area contributed by atoms with E-state index in [-0.39, 0.29) is 29.5 Å². The summed E-state index contributed by atoms with van der Waals surface area (Å²) in [4.78, 5) is 10.9. The number of hydrogen-bond donors (Lipinski definition) is 2. The van der Waals surface area contributed by atoms with E-state index in [4.69, 9.17) is 4.74 Å². The first-order valence-corrected chi connectivity index (χ1v) is 5.22. The molecule has 0 fully saturated rings. The number of phenols is 2. The minimum absolute atomic E-state index is 0.0723. The van der Waals surface area contributed by atoms with Crippen LogP contribution in [0.25, 0.3) is 0 Å². The maximum atomic E-state index is 10.9. The Morgan fingerprint density at radius 3 is 2.56 bits per heavy atom. The zero-order valence-corrected chi connectivity index (χ0v) is 9.49. The van der Waals surface area contributed by atoms with Gasteiger partial charge in [-0.25, -0.2) is 0 Å². The number of ketones is 1. The third-order valence-electron chi connectivity index (χ3n) is 2.10. The highest BCUT2D eigenvalue weighted by molar-refractivity contribution is 5.79. The lowest BCUT2D eigenvalue weighted by Crippen LogP contribution is -1.99. The zero-order valence-electron chi connectivity index (χ0n) is 9.49. The molecule has 16 heavy (non-hydrogen) atoms. The SMILES string of the molecule is CCCOc1ccc(CC(C)=O)c(O)c1O. The first-order valence-electron chi connectivity index (χ1n) is 5.22. The van der Waals surface area contributed by atoms with E-state index in [1.165, 1.54) is 6.92 Å². The van der Waals surface area contributed by atoms with Crippen LogP contribution in [0.1, 0.15) is 25.8 Å². The number of phenolic OH excluding ortho intramolecular Hbond substituents is 2. The molecule has 0 spiro atoms. The number of hydrogen-bond acceptors (Lipinski definition) is 4. The molecule has 0 aliphatic carbocycles. The number of benzene rings is 1. The van der Waals surface area contributed by atoms with Gasteiger partial charge in [-0.05, 0) is 19.4 Å². The van der Waals surface area contributed by atoms with Gasteiger partial charge in [-0.1, -0.05) is 13.0 Å². The second-order valence-corrected chi connectivity index (χ2v) is 3.65. The van der Waals surface area contributed by atoms with Crippen molar-refractivity contribution in [3.63, 3.8) is 0 Å². The van der Waals surface area contributed by atoms with Gasteiger partial charge in [0, 0.05) is 12.0 Å². The Kier molecular flexibility index (Phi) is 4.17. The van der Waals surface area contributed by atoms with Crippen LogP contribution in [0.3, 0.4) is 0 Å². The molecule has 1 rings (SSSR count). The number of aromatic hydroxyl groups is 2. The Balaban J connectivity index is 2.93. The van der Waals surface area contributed by atoms with Gasteiger partial charge in [-0.15, -0.1) is 0 Å². The summed E-state index contributed by atoms with van der Waals surface area (Å²) in [6.07, 6.45) is 0.919. The lowest BCUT2D eigenvalue weighted by atomic mass is 10.1. The molecule has 0 aliphatic rings. The van der Waals surface area contributed by atoms with Crippen LogP contribution in [-0.2, 0) is 11.2 Å². The van der Waals surface area contributed by atoms with E-state index in [0.29, 0.717) is 12.2 Å². The van der Waals surface area contributed by atoms with Crippen molar-refractivity contribution in [2.75, 3.05) is 6.61 Å². The van der Waals surface area contributed by atoms with E-state index < -0.39 is 0 Å². The van der Waals surface area contributed by atoms with Crippen LogP contribution in [0, 0.1) is 0 Å². The molecular weight excluding hydrogens is 208 g/mol. The van der Waals surface area contributed by atoms with Crippen molar-refractivity contribution >= 4 is 5.78 Å². The predicted octanol–water partition coefficient (Wildman–Crippen LogP) is 2.02. The smallest absolute Gasteiger partial charge is 0.200 e. The van der Waals surface area contributed by atoms with Crippen molar-refractivity contribution in [3.05, 3.63) is 17.7 Å². The van der Waals surface area contributed by atoms with Gasteiger partial charge in [0.1, 0.15) is 5.78 Å². The van der Waals surface area contributed by atoms with Gasteiger partial charge in [0.15, 0.2) is 11.5 Å². The molecule has 0 aliphatic heterocycles. The van der Waals surface area contributed by atoms with Gasteiger partial charge in [0.25, 0.3) is 0 Å². The molecule has 0 saturated heterocycles. The molecule has 0 amide bonds. The van der Waals surface area contributed by atoms with Crippen LogP contribution < -0.4 is 4.74 Å². The Bertz CT molecular complexity index is 385. The molecule has 0 unspecified atom stereocenters. The van der Waals surface area contributed by atoms with Gasteiger partial charge >= 0.3 is 0 Å². The van der Waals surface area contributed by atoms with E-state index in [0.717, 1.165) is 6.42 Å². The predicted molar refractivity (Wildman–Crippen MR) is 59.9 cm³/mol. The lowest BCUT2D eigenvalue weighted by molar-refractivity contribution is -0.116. The summed E-state index contributed by atoms with van der Waals surface area (Å²) in [5.74, 6) is -0.403. The third-order valence-corrected chi connectivity index (χ3v) is 2.10. The van der Waals surface area contributed by atoms with Crippen LogP contribution in [0.5, 0.6) is 17.2 Å². The summed E-state index contributed by atoms with van der Waals surface area (Å²) >= 11 is 0. The molecule has 2 N–H and O–H groups in total. The first-order chi connectivity index (χ1) is 7.56. The number of carbonyl (C=O) groups excluding carboxylic acids is 1. The van der Waals surface area contributed by atoms with Crippen molar-refractivity contribution in [2.24, 2.45) is 0 Å². The average Bonchev–Trinajstić information content (AvgIpc) is 2.23. The number of carbonyl (C=O) groups is 1. The summed E-state index contributed by atoms with van der Waals surface area (Å²) in [6, 6.07) is 3.14. The second-order valence-electron chi connectivity index (χ2n) is 3.65. The van der Waals surface area contributed by atoms with Crippen LogP contribution in [-0.4, -0.2) is 22.6 Å². The van der Waals surface area contributed by atoms with Gasteiger partial charge in [-0.2, -0.15) is 0 Å². The first kappa shape index (κ1) is 12.4. The monoisotopic (exact) mass is 224 g/mol. The lowest BCUT2D eigenvalue weighted by Gasteiger charge is -2.10. The molecule has 1 aromatic carbocycles. The molecule has 1 aromatic rings. The van der Waals surface area contributed by atoms with Gasteiger partial charge in [0.05, 0.1) is 6.61 Å². The van der Waals surface area contributed by atoms with E-state index in [1.54, 1.807) is 12.1 Å². The molecular formula is C12H16O4. The molecule has 88 valence electrons. The summed E-state index contributed by atoms with van der Waals surface area (Å²) < 4.78 is 5.23. The fourth-order valence-electron chi connectivity index (χ4n) is 1.34. The van der Waals surface area contributed by atoms with Crippen molar-refractivity contribution in [1.29, 1.82) is 0 Å². The van der Waals surface area contributed by atoms with E-state index in [1.807, 2.05) is 6.92 Å². The minimum atomic E-state index is -0.299. The van der Waals surface area contributed by atoms with Crippen molar-refractivity contribution in [1.82, 2.24) is 0 Å². The average molecular weight is 224 g/mol. The highest BCUT2D eigenvalue weighted by Gasteiger charge is 2.13. The Morgan fingerprint density at radius 1 is 1.31 bits per heavy atom. The van der Waals surface area contributed by atoms with Crippen molar-refractivity contribution in [2.45, 2.75) is 26.7 Å². The number of rotatable bonds is 5. The maximum absolute atomic E-state index is 10.9. The highest BCUT2D eigenvalue weighted by atomic mass is 16.5. The summed E-state index contributed by atoms with van der Waals surface area (Å²) in [5, 5.41) is 19.3. The van der Waals surface area contributed by atoms with E-state index >= 15 is 0 Å². The van der Waals surface area contributed by atoms with Crippen molar-refractivity contribution < 1.29 is 19.7 Å². The van der Waals surface area contributed by atoms with E-state index in [9.17, 15) is 15.0 Å². The summed E-state index contributed by atoms with van der Waals surface area (Å²) in [5.41, 5.74) is 0.411. The van der Waals surface area contributed by atoms with Crippen molar-refractivity contribution in [3.8, 4) is 17.2 Å². The van der Waals surface area contributed by atoms with Gasteiger partial charge in [0.2, 0.25) is 5.75 Å². The molecule has 0 aromatic heterocycles. The number of Topliss-reactive ketones (excluding diaryl/α,β-unsaturated/α-hetero) is 1. The molecule has 4 nitrogen and oxygen atoms in total. The van der Waals surface area contributed by atoms with Gasteiger partial charge in [-0.3, -0.25) is 4.79 Å². The van der Waals surface area contributed by atoms with Crippen LogP contribution in [0.2, 0.25) is 0 Å². The Labute approximate surface area is 94.5 Å². The molecule has 0 radical (unpaired) electrons. The Morgan fingerprint density at radius 2 is 2.00 bits per heavy atom. The summed E-state index contributed by atoms with van der Waals surface area (Å²) in [6.45, 7) is 3.85. The largest absolute Gasteiger partial charge is 0.504 e. The fraction of sp³-hybridized carbons (Fsp3) is 0.417. The third kappa shape index (κ3) is 2.89. The summed E-state index contributed by atoms with van der Waals surface area (Å²) in [7, 11) is 0. The molecule has 0 atom stereocenters. The van der Waals surface area contributed by atoms with Crippen LogP contribution >= 0.6 is 0 Å². The number of ether oxygens (including phenoxy) is 1. The molecule has 0 saturated carbocycles. The quantitative estimate of drug-likeness (QED) is 0.751. The molecule has 0 heterocycles. The standard InChI is InChI=1S/C12H16O4/c1-3-6-16-10-5-4-9(7-8(2)13)11(14)12(10)15/h4-5,14-15H,3,6-7H2,1-2H3. The molecule has 4 heteroatoms. The van der Waals surface area contributed by atoms with Gasteiger partial charge < -0.3 is 14.9 Å². The second kappa shape index (κ2) is 5.39. The topological polar surface area (TPSA) is 66.8 Å². The molecule has 0 bridgehead atoms. The maximum Gasteiger partial charge on any atom is 0.200 e. The van der Waals surface area contributed by atoms with Crippen LogP contribution in [0.15, 0.2) is 12.1 Å².